The van der Waals surface area contributed by atoms with Gasteiger partial charge in [0.05, 0.1) is 13.2 Å². The number of hydrogen-bond donors (Lipinski definition) is 2. The topological polar surface area (TPSA) is 44.5 Å². The zero-order chi connectivity index (χ0) is 13.9. The summed E-state index contributed by atoms with van der Waals surface area (Å²) < 4.78 is 11.2. The van der Waals surface area contributed by atoms with Crippen LogP contribution in [0.25, 0.3) is 0 Å². The lowest BCUT2D eigenvalue weighted by atomic mass is 10.1. The first-order valence-corrected chi connectivity index (χ1v) is 7.61. The standard InChI is InChI=1S/C15H25NO2S/c1-2-10-17-14-6-8-15(9-7-14)18-11-4-3-5-13(16)12-19/h6-9,13,19H,2-5,10-12,16H2,1H3/t13-/m0/s1. The highest BCUT2D eigenvalue weighted by Crippen LogP contribution is 2.18. The van der Waals surface area contributed by atoms with Gasteiger partial charge in [-0.05, 0) is 49.9 Å². The fourth-order valence-electron chi connectivity index (χ4n) is 1.64. The second kappa shape index (κ2) is 9.98. The van der Waals surface area contributed by atoms with Crippen LogP contribution < -0.4 is 15.2 Å². The number of unbranched alkanes of at least 4 members (excludes halogenated alkanes) is 1. The van der Waals surface area contributed by atoms with Crippen LogP contribution in [-0.4, -0.2) is 25.0 Å². The van der Waals surface area contributed by atoms with Gasteiger partial charge in [0.2, 0.25) is 0 Å². The first kappa shape index (κ1) is 16.2. The molecule has 1 aromatic rings. The first-order valence-electron chi connectivity index (χ1n) is 6.98. The number of benzene rings is 1. The summed E-state index contributed by atoms with van der Waals surface area (Å²) in [5.41, 5.74) is 5.79. The molecule has 0 heterocycles. The number of nitrogens with two attached hydrogens (primary N) is 1. The van der Waals surface area contributed by atoms with E-state index in [4.69, 9.17) is 15.2 Å². The van der Waals surface area contributed by atoms with Gasteiger partial charge in [0.25, 0.3) is 0 Å². The van der Waals surface area contributed by atoms with Gasteiger partial charge >= 0.3 is 0 Å². The van der Waals surface area contributed by atoms with Crippen molar-refractivity contribution < 1.29 is 9.47 Å². The summed E-state index contributed by atoms with van der Waals surface area (Å²) in [6.45, 7) is 3.58. The molecule has 0 saturated carbocycles. The Balaban J connectivity index is 2.15. The summed E-state index contributed by atoms with van der Waals surface area (Å²) in [5.74, 6) is 2.54. The van der Waals surface area contributed by atoms with Crippen molar-refractivity contribution in [2.24, 2.45) is 5.73 Å². The summed E-state index contributed by atoms with van der Waals surface area (Å²) >= 11 is 4.16. The van der Waals surface area contributed by atoms with Crippen molar-refractivity contribution in [1.82, 2.24) is 0 Å². The van der Waals surface area contributed by atoms with Crippen molar-refractivity contribution >= 4 is 12.6 Å². The van der Waals surface area contributed by atoms with Gasteiger partial charge in [0.15, 0.2) is 0 Å². The Morgan fingerprint density at radius 3 is 2.16 bits per heavy atom. The fraction of sp³-hybridized carbons (Fsp3) is 0.600. The summed E-state index contributed by atoms with van der Waals surface area (Å²) in [4.78, 5) is 0. The minimum Gasteiger partial charge on any atom is -0.494 e. The van der Waals surface area contributed by atoms with Crippen LogP contribution in [0.15, 0.2) is 24.3 Å². The number of ether oxygens (including phenoxy) is 2. The van der Waals surface area contributed by atoms with E-state index in [1.807, 2.05) is 24.3 Å². The minimum absolute atomic E-state index is 0.207. The molecule has 0 fully saturated rings. The fourth-order valence-corrected chi connectivity index (χ4v) is 1.82. The van der Waals surface area contributed by atoms with Gasteiger partial charge in [-0.15, -0.1) is 0 Å². The molecule has 0 bridgehead atoms. The predicted octanol–water partition coefficient (Wildman–Crippen LogP) is 3.28. The molecule has 3 nitrogen and oxygen atoms in total. The molecule has 0 radical (unpaired) electrons. The van der Waals surface area contributed by atoms with Gasteiger partial charge in [-0.1, -0.05) is 6.92 Å². The van der Waals surface area contributed by atoms with Crippen molar-refractivity contribution in [3.8, 4) is 11.5 Å². The summed E-state index contributed by atoms with van der Waals surface area (Å²) in [7, 11) is 0. The van der Waals surface area contributed by atoms with Crippen molar-refractivity contribution in [2.45, 2.75) is 38.6 Å². The van der Waals surface area contributed by atoms with Crippen LogP contribution in [0.3, 0.4) is 0 Å². The molecule has 1 atom stereocenters. The van der Waals surface area contributed by atoms with E-state index in [0.717, 1.165) is 56.1 Å². The third-order valence-corrected chi connectivity index (χ3v) is 3.24. The molecule has 0 aromatic heterocycles. The molecule has 0 aliphatic heterocycles. The second-order valence-electron chi connectivity index (χ2n) is 4.61. The maximum Gasteiger partial charge on any atom is 0.119 e. The van der Waals surface area contributed by atoms with Gasteiger partial charge in [-0.3, -0.25) is 0 Å². The lowest BCUT2D eigenvalue weighted by Crippen LogP contribution is -2.21. The van der Waals surface area contributed by atoms with Crippen LogP contribution in [0.5, 0.6) is 11.5 Å². The van der Waals surface area contributed by atoms with Crippen LogP contribution in [-0.2, 0) is 0 Å². The summed E-state index contributed by atoms with van der Waals surface area (Å²) in [5, 5.41) is 0. The Morgan fingerprint density at radius 1 is 1.05 bits per heavy atom. The second-order valence-corrected chi connectivity index (χ2v) is 4.97. The molecule has 108 valence electrons. The van der Waals surface area contributed by atoms with Crippen LogP contribution in [0.1, 0.15) is 32.6 Å². The largest absolute Gasteiger partial charge is 0.494 e. The average Bonchev–Trinajstić information content (AvgIpc) is 2.45. The molecule has 1 rings (SSSR count). The van der Waals surface area contributed by atoms with E-state index in [-0.39, 0.29) is 6.04 Å². The van der Waals surface area contributed by atoms with Gasteiger partial charge < -0.3 is 15.2 Å². The highest BCUT2D eigenvalue weighted by Gasteiger charge is 2.00. The smallest absolute Gasteiger partial charge is 0.119 e. The third-order valence-electron chi connectivity index (χ3n) is 2.77. The van der Waals surface area contributed by atoms with Crippen molar-refractivity contribution in [3.63, 3.8) is 0 Å². The monoisotopic (exact) mass is 283 g/mol. The molecule has 4 heteroatoms. The third kappa shape index (κ3) is 7.33. The summed E-state index contributed by atoms with van der Waals surface area (Å²) in [6, 6.07) is 8.00. The van der Waals surface area contributed by atoms with E-state index in [1.54, 1.807) is 0 Å². The molecular formula is C15H25NO2S. The average molecular weight is 283 g/mol. The van der Waals surface area contributed by atoms with E-state index >= 15 is 0 Å². The molecule has 0 amide bonds. The van der Waals surface area contributed by atoms with E-state index in [2.05, 4.69) is 19.6 Å². The number of rotatable bonds is 10. The van der Waals surface area contributed by atoms with Crippen LogP contribution in [0.2, 0.25) is 0 Å². The first-order chi connectivity index (χ1) is 9.26. The zero-order valence-corrected chi connectivity index (χ0v) is 12.6. The molecule has 0 unspecified atom stereocenters. The quantitative estimate of drug-likeness (QED) is 0.511. The Hall–Kier alpha value is -0.870. The normalized spacial score (nSPS) is 12.2. The molecular weight excluding hydrogens is 258 g/mol. The van der Waals surface area contributed by atoms with Crippen molar-refractivity contribution in [3.05, 3.63) is 24.3 Å². The Morgan fingerprint density at radius 2 is 1.63 bits per heavy atom. The molecule has 0 spiro atoms. The predicted molar refractivity (Wildman–Crippen MR) is 83.4 cm³/mol. The Labute approximate surface area is 121 Å². The maximum atomic E-state index is 5.79. The minimum atomic E-state index is 0.207. The van der Waals surface area contributed by atoms with Crippen molar-refractivity contribution in [2.75, 3.05) is 19.0 Å². The zero-order valence-electron chi connectivity index (χ0n) is 11.7. The number of thiol groups is 1. The molecule has 19 heavy (non-hydrogen) atoms. The SMILES string of the molecule is CCCOc1ccc(OCCCC[C@H](N)CS)cc1. The van der Waals surface area contributed by atoms with E-state index in [9.17, 15) is 0 Å². The highest BCUT2D eigenvalue weighted by atomic mass is 32.1. The molecule has 2 N–H and O–H groups in total. The lowest BCUT2D eigenvalue weighted by Gasteiger charge is -2.09. The van der Waals surface area contributed by atoms with E-state index < -0.39 is 0 Å². The molecule has 0 aliphatic carbocycles. The van der Waals surface area contributed by atoms with Gasteiger partial charge in [-0.2, -0.15) is 12.6 Å². The molecule has 1 aromatic carbocycles. The number of hydrogen-bond acceptors (Lipinski definition) is 4. The van der Waals surface area contributed by atoms with Crippen molar-refractivity contribution in [1.29, 1.82) is 0 Å². The highest BCUT2D eigenvalue weighted by molar-refractivity contribution is 7.80. The maximum absolute atomic E-state index is 5.79. The molecule has 0 aliphatic rings. The Bertz CT molecular complexity index is 329. The van der Waals surface area contributed by atoms with E-state index in [0.29, 0.717) is 0 Å². The van der Waals surface area contributed by atoms with Crippen LogP contribution >= 0.6 is 12.6 Å². The van der Waals surface area contributed by atoms with Gasteiger partial charge in [0, 0.05) is 11.8 Å². The van der Waals surface area contributed by atoms with Crippen LogP contribution in [0.4, 0.5) is 0 Å². The van der Waals surface area contributed by atoms with Gasteiger partial charge in [0.1, 0.15) is 11.5 Å². The van der Waals surface area contributed by atoms with Gasteiger partial charge in [-0.25, -0.2) is 0 Å². The van der Waals surface area contributed by atoms with Crippen LogP contribution in [0, 0.1) is 0 Å². The molecule has 0 saturated heterocycles. The van der Waals surface area contributed by atoms with E-state index in [1.165, 1.54) is 0 Å². The summed E-state index contributed by atoms with van der Waals surface area (Å²) in [6.07, 6.45) is 4.14. The lowest BCUT2D eigenvalue weighted by molar-refractivity contribution is 0.300. The Kier molecular flexibility index (Phi) is 8.50.